The molecule has 1 amide bonds. The summed E-state index contributed by atoms with van der Waals surface area (Å²) in [6, 6.07) is 4.25. The Kier molecular flexibility index (Phi) is 4.37. The van der Waals surface area contributed by atoms with Gasteiger partial charge >= 0.3 is 0 Å². The van der Waals surface area contributed by atoms with Gasteiger partial charge in [0.25, 0.3) is 5.91 Å². The fraction of sp³-hybridized carbons (Fsp3) is 0.571. The van der Waals surface area contributed by atoms with Gasteiger partial charge in [0.1, 0.15) is 5.82 Å². The highest BCUT2D eigenvalue weighted by atomic mass is 16.2. The third-order valence-corrected chi connectivity index (χ3v) is 3.12. The van der Waals surface area contributed by atoms with E-state index in [1.54, 1.807) is 6.20 Å². The van der Waals surface area contributed by atoms with Crippen LogP contribution in [-0.2, 0) is 0 Å². The topological polar surface area (TPSA) is 57.3 Å². The molecule has 0 saturated carbocycles. The van der Waals surface area contributed by atoms with Gasteiger partial charge in [0.15, 0.2) is 0 Å². The lowest BCUT2D eigenvalue weighted by atomic mass is 10.1. The number of pyridine rings is 1. The number of hydrogen-bond acceptors (Lipinski definition) is 4. The normalized spacial score (nSPS) is 19.6. The van der Waals surface area contributed by atoms with Crippen molar-refractivity contribution >= 4 is 11.7 Å². The minimum atomic E-state index is 0.0598. The molecule has 19 heavy (non-hydrogen) atoms. The third kappa shape index (κ3) is 3.44. The van der Waals surface area contributed by atoms with Gasteiger partial charge in [0, 0.05) is 37.9 Å². The van der Waals surface area contributed by atoms with Gasteiger partial charge in [-0.25, -0.2) is 4.98 Å². The van der Waals surface area contributed by atoms with E-state index >= 15 is 0 Å². The van der Waals surface area contributed by atoms with E-state index < -0.39 is 0 Å². The van der Waals surface area contributed by atoms with E-state index in [9.17, 15) is 4.79 Å². The quantitative estimate of drug-likeness (QED) is 0.863. The fourth-order valence-corrected chi connectivity index (χ4v) is 2.25. The number of anilines is 1. The third-order valence-electron chi connectivity index (χ3n) is 3.12. The highest BCUT2D eigenvalue weighted by Crippen LogP contribution is 2.16. The first kappa shape index (κ1) is 13.8. The summed E-state index contributed by atoms with van der Waals surface area (Å²) in [4.78, 5) is 18.7. The number of carbonyl (C=O) groups is 1. The van der Waals surface area contributed by atoms with Gasteiger partial charge in [-0.1, -0.05) is 0 Å². The van der Waals surface area contributed by atoms with Crippen LogP contribution in [-0.4, -0.2) is 47.5 Å². The van der Waals surface area contributed by atoms with E-state index in [4.69, 9.17) is 0 Å². The molecular weight excluding hydrogens is 240 g/mol. The zero-order chi connectivity index (χ0) is 13.8. The van der Waals surface area contributed by atoms with Gasteiger partial charge in [0.2, 0.25) is 0 Å². The number of aromatic nitrogens is 1. The molecule has 0 bridgehead atoms. The van der Waals surface area contributed by atoms with Crippen LogP contribution < -0.4 is 10.6 Å². The first-order valence-corrected chi connectivity index (χ1v) is 6.82. The molecule has 2 rings (SSSR count). The van der Waals surface area contributed by atoms with Crippen molar-refractivity contribution < 1.29 is 4.79 Å². The van der Waals surface area contributed by atoms with Crippen LogP contribution >= 0.6 is 0 Å². The largest absolute Gasteiger partial charge is 0.367 e. The Morgan fingerprint density at radius 2 is 2.37 bits per heavy atom. The second kappa shape index (κ2) is 6.02. The minimum Gasteiger partial charge on any atom is -0.367 e. The van der Waals surface area contributed by atoms with Gasteiger partial charge in [-0.05, 0) is 32.9 Å². The number of nitrogens with zero attached hydrogens (tertiary/aromatic N) is 2. The van der Waals surface area contributed by atoms with Crippen LogP contribution in [0.25, 0.3) is 0 Å². The molecule has 2 N–H and O–H groups in total. The Labute approximate surface area is 114 Å². The summed E-state index contributed by atoms with van der Waals surface area (Å²) in [5.41, 5.74) is 0.658. The van der Waals surface area contributed by atoms with Crippen molar-refractivity contribution in [1.29, 1.82) is 0 Å². The lowest BCUT2D eigenvalue weighted by molar-refractivity contribution is 0.0709. The molecule has 1 aromatic heterocycles. The maximum absolute atomic E-state index is 12.6. The predicted octanol–water partition coefficient (Wildman–Crippen LogP) is 1.34. The average Bonchev–Trinajstić information content (AvgIpc) is 2.38. The van der Waals surface area contributed by atoms with E-state index in [-0.39, 0.29) is 11.9 Å². The molecule has 1 aromatic rings. The van der Waals surface area contributed by atoms with Crippen LogP contribution in [0.5, 0.6) is 0 Å². The van der Waals surface area contributed by atoms with E-state index in [0.29, 0.717) is 17.4 Å². The van der Waals surface area contributed by atoms with Crippen molar-refractivity contribution in [2.45, 2.75) is 32.9 Å². The highest BCUT2D eigenvalue weighted by Gasteiger charge is 2.23. The molecule has 1 fully saturated rings. The van der Waals surface area contributed by atoms with Gasteiger partial charge in [-0.3, -0.25) is 4.79 Å². The maximum Gasteiger partial charge on any atom is 0.257 e. The molecule has 0 spiro atoms. The smallest absolute Gasteiger partial charge is 0.257 e. The van der Waals surface area contributed by atoms with Crippen LogP contribution in [0.4, 0.5) is 5.82 Å². The molecule has 0 aromatic carbocycles. The number of rotatable bonds is 3. The summed E-state index contributed by atoms with van der Waals surface area (Å²) in [5, 5.41) is 6.57. The SMILES string of the molecule is CC(C)Nc1ncccc1C(=O)N1CCN[C@H](C)C1. The lowest BCUT2D eigenvalue weighted by Gasteiger charge is -2.32. The molecular formula is C14H22N4O. The zero-order valence-electron chi connectivity index (χ0n) is 11.8. The Hall–Kier alpha value is -1.62. The molecule has 0 aliphatic carbocycles. The van der Waals surface area contributed by atoms with E-state index in [0.717, 1.165) is 19.6 Å². The van der Waals surface area contributed by atoms with Crippen molar-refractivity contribution in [3.8, 4) is 0 Å². The van der Waals surface area contributed by atoms with E-state index in [1.165, 1.54) is 0 Å². The van der Waals surface area contributed by atoms with Gasteiger partial charge < -0.3 is 15.5 Å². The summed E-state index contributed by atoms with van der Waals surface area (Å²) in [6.45, 7) is 8.51. The molecule has 0 unspecified atom stereocenters. The molecule has 104 valence electrons. The molecule has 5 heteroatoms. The second-order valence-electron chi connectivity index (χ2n) is 5.30. The van der Waals surface area contributed by atoms with Gasteiger partial charge in [0.05, 0.1) is 5.56 Å². The van der Waals surface area contributed by atoms with Crippen molar-refractivity contribution in [2.24, 2.45) is 0 Å². The molecule has 1 atom stereocenters. The first-order chi connectivity index (χ1) is 9.08. The Balaban J connectivity index is 2.18. The maximum atomic E-state index is 12.6. The first-order valence-electron chi connectivity index (χ1n) is 6.82. The van der Waals surface area contributed by atoms with Crippen LogP contribution in [0.15, 0.2) is 18.3 Å². The fourth-order valence-electron chi connectivity index (χ4n) is 2.25. The summed E-state index contributed by atoms with van der Waals surface area (Å²) < 4.78 is 0. The van der Waals surface area contributed by atoms with Crippen molar-refractivity contribution in [2.75, 3.05) is 25.0 Å². The molecule has 5 nitrogen and oxygen atoms in total. The molecule has 2 heterocycles. The molecule has 1 aliphatic rings. The van der Waals surface area contributed by atoms with Crippen LogP contribution in [0.3, 0.4) is 0 Å². The van der Waals surface area contributed by atoms with Crippen LogP contribution in [0, 0.1) is 0 Å². The number of hydrogen-bond donors (Lipinski definition) is 2. The highest BCUT2D eigenvalue weighted by molar-refractivity contribution is 5.98. The Morgan fingerprint density at radius 1 is 1.58 bits per heavy atom. The second-order valence-corrected chi connectivity index (χ2v) is 5.30. The van der Waals surface area contributed by atoms with Crippen LogP contribution in [0.1, 0.15) is 31.1 Å². The van der Waals surface area contributed by atoms with Gasteiger partial charge in [-0.15, -0.1) is 0 Å². The summed E-state index contributed by atoms with van der Waals surface area (Å²) in [7, 11) is 0. The average molecular weight is 262 g/mol. The molecule has 1 saturated heterocycles. The van der Waals surface area contributed by atoms with Gasteiger partial charge in [-0.2, -0.15) is 0 Å². The standard InChI is InChI=1S/C14H22N4O/c1-10(2)17-13-12(5-4-6-16-13)14(19)18-8-7-15-11(3)9-18/h4-6,10-11,15H,7-9H2,1-3H3,(H,16,17)/t11-/m1/s1. The summed E-state index contributed by atoms with van der Waals surface area (Å²) >= 11 is 0. The predicted molar refractivity (Wildman–Crippen MR) is 76.4 cm³/mol. The number of piperazine rings is 1. The number of amides is 1. The number of carbonyl (C=O) groups excluding carboxylic acids is 1. The Morgan fingerprint density at radius 3 is 3.05 bits per heavy atom. The molecule has 0 radical (unpaired) electrons. The van der Waals surface area contributed by atoms with Crippen molar-refractivity contribution in [3.05, 3.63) is 23.9 Å². The summed E-state index contributed by atoms with van der Waals surface area (Å²) in [5.74, 6) is 0.735. The lowest BCUT2D eigenvalue weighted by Crippen LogP contribution is -2.51. The number of nitrogens with one attached hydrogen (secondary N) is 2. The summed E-state index contributed by atoms with van der Waals surface area (Å²) in [6.07, 6.45) is 1.71. The van der Waals surface area contributed by atoms with Crippen LogP contribution in [0.2, 0.25) is 0 Å². The monoisotopic (exact) mass is 262 g/mol. The zero-order valence-corrected chi connectivity index (χ0v) is 11.8. The minimum absolute atomic E-state index is 0.0598. The van der Waals surface area contributed by atoms with E-state index in [1.807, 2.05) is 30.9 Å². The molecule has 1 aliphatic heterocycles. The van der Waals surface area contributed by atoms with Crippen molar-refractivity contribution in [3.63, 3.8) is 0 Å². The van der Waals surface area contributed by atoms with Crippen molar-refractivity contribution in [1.82, 2.24) is 15.2 Å². The van der Waals surface area contributed by atoms with E-state index in [2.05, 4.69) is 22.5 Å². The Bertz CT molecular complexity index is 447.